The van der Waals surface area contributed by atoms with Crippen LogP contribution in [-0.2, 0) is 16.4 Å². The smallest absolute Gasteiger partial charge is 0.122 e. The van der Waals surface area contributed by atoms with Gasteiger partial charge in [-0.1, -0.05) is 200 Å². The Hall–Kier alpha value is -7.88. The van der Waals surface area contributed by atoms with E-state index in [9.17, 15) is 0 Å². The van der Waals surface area contributed by atoms with Gasteiger partial charge in [-0.2, -0.15) is 0 Å². The Balaban J connectivity index is 1.13. The maximum absolute atomic E-state index is 5.20. The van der Waals surface area contributed by atoms with Crippen LogP contribution >= 0.6 is 0 Å². The maximum atomic E-state index is 5.20. The van der Waals surface area contributed by atoms with Crippen LogP contribution in [0.4, 0.5) is 0 Å². The molecule has 13 rings (SSSR count). The molecular weight excluding hydrogens is 751 g/mol. The van der Waals surface area contributed by atoms with Crippen molar-refractivity contribution in [1.82, 2.24) is 14.5 Å². The van der Waals surface area contributed by atoms with Crippen LogP contribution in [0.5, 0.6) is 0 Å². The average molecular weight is 790 g/mol. The lowest BCUT2D eigenvalue weighted by Crippen LogP contribution is -2.36. The van der Waals surface area contributed by atoms with E-state index in [4.69, 9.17) is 4.98 Å². The van der Waals surface area contributed by atoms with E-state index < -0.39 is 16.4 Å². The van der Waals surface area contributed by atoms with Crippen molar-refractivity contribution >= 4 is 0 Å². The Morgan fingerprint density at radius 3 is 1.16 bits per heavy atom. The van der Waals surface area contributed by atoms with Crippen molar-refractivity contribution in [3.63, 3.8) is 0 Å². The molecule has 3 heteroatoms. The molecule has 0 fully saturated rings. The van der Waals surface area contributed by atoms with Crippen molar-refractivity contribution in [1.29, 1.82) is 0 Å². The van der Waals surface area contributed by atoms with Crippen LogP contribution in [0.3, 0.4) is 0 Å². The first-order chi connectivity index (χ1) is 30.8. The van der Waals surface area contributed by atoms with Crippen molar-refractivity contribution in [3.8, 4) is 33.4 Å². The molecule has 3 nitrogen and oxygen atoms in total. The van der Waals surface area contributed by atoms with Crippen molar-refractivity contribution in [2.75, 3.05) is 0 Å². The van der Waals surface area contributed by atoms with Gasteiger partial charge in [-0.05, 0) is 101 Å². The fourth-order valence-electron chi connectivity index (χ4n) is 11.9. The SMILES string of the molecule is c1ccc(C2(c3cccc(C4(c5cccc(C6(n7ccnc7)c7ccccc7-c7ccccc76)c5)c5ccccc5-c5ccccc54)c3)c3ccccc3-c3ccccc32)nc1. The van der Waals surface area contributed by atoms with E-state index in [0.29, 0.717) is 0 Å². The van der Waals surface area contributed by atoms with Gasteiger partial charge in [-0.25, -0.2) is 4.98 Å². The number of benzene rings is 8. The summed E-state index contributed by atoms with van der Waals surface area (Å²) in [6.07, 6.45) is 7.96. The summed E-state index contributed by atoms with van der Waals surface area (Å²) in [4.78, 5) is 9.87. The van der Waals surface area contributed by atoms with Gasteiger partial charge in [0, 0.05) is 18.6 Å². The highest BCUT2D eigenvalue weighted by atomic mass is 15.1. The minimum absolute atomic E-state index is 0.645. The van der Waals surface area contributed by atoms with Gasteiger partial charge in [0.2, 0.25) is 0 Å². The highest BCUT2D eigenvalue weighted by molar-refractivity contribution is 5.89. The van der Waals surface area contributed by atoms with Crippen LogP contribution in [0, 0.1) is 0 Å². The van der Waals surface area contributed by atoms with E-state index in [0.717, 1.165) is 5.69 Å². The molecule has 0 spiro atoms. The normalized spacial score (nSPS) is 15.2. The fourth-order valence-corrected chi connectivity index (χ4v) is 11.9. The van der Waals surface area contributed by atoms with E-state index in [2.05, 4.69) is 222 Å². The Morgan fingerprint density at radius 1 is 0.323 bits per heavy atom. The van der Waals surface area contributed by atoms with Gasteiger partial charge in [0.1, 0.15) is 5.54 Å². The lowest BCUT2D eigenvalue weighted by Gasteiger charge is -2.39. The number of pyridine rings is 1. The molecule has 0 saturated heterocycles. The van der Waals surface area contributed by atoms with Crippen LogP contribution in [0.1, 0.15) is 61.3 Å². The van der Waals surface area contributed by atoms with Crippen molar-refractivity contribution in [2.24, 2.45) is 0 Å². The Bertz CT molecular complexity index is 3240. The number of imidazole rings is 1. The number of fused-ring (bicyclic) bond motifs is 9. The van der Waals surface area contributed by atoms with Crippen molar-refractivity contribution < 1.29 is 0 Å². The topological polar surface area (TPSA) is 30.7 Å². The molecule has 3 aliphatic rings. The van der Waals surface area contributed by atoms with Gasteiger partial charge < -0.3 is 4.57 Å². The quantitative estimate of drug-likeness (QED) is 0.168. The summed E-state index contributed by atoms with van der Waals surface area (Å²) < 4.78 is 2.31. The molecule has 0 saturated carbocycles. The Kier molecular flexibility index (Phi) is 7.36. The molecule has 0 amide bonds. The van der Waals surface area contributed by atoms with Crippen LogP contribution in [0.2, 0.25) is 0 Å². The standard InChI is InChI=1S/C59H39N3/c1-7-27-50-44(21-1)45-22-2-8-28-51(45)57(50,41-18-16-20-43(38-41)59(62-36-35-60-39-62)54-31-11-5-25-48(54)49-26-6-12-32-55(49)59)40-17-15-19-42(37-40)58(56-33-13-14-34-61-56)52-29-9-3-23-46(52)47-24-4-10-30-53(47)58/h1-39H. The zero-order valence-electron chi connectivity index (χ0n) is 33.9. The number of rotatable bonds is 6. The summed E-state index contributed by atoms with van der Waals surface area (Å²) in [6, 6.07) is 79.0. The van der Waals surface area contributed by atoms with Gasteiger partial charge in [-0.3, -0.25) is 4.98 Å². The summed E-state index contributed by atoms with van der Waals surface area (Å²) in [6.45, 7) is 0. The first-order valence-corrected chi connectivity index (χ1v) is 21.5. The van der Waals surface area contributed by atoms with Crippen molar-refractivity contribution in [3.05, 3.63) is 299 Å². The molecule has 62 heavy (non-hydrogen) atoms. The molecule has 0 bridgehead atoms. The van der Waals surface area contributed by atoms with E-state index in [1.165, 1.54) is 89.0 Å². The number of aromatic nitrogens is 3. The number of hydrogen-bond acceptors (Lipinski definition) is 2. The van der Waals surface area contributed by atoms with E-state index >= 15 is 0 Å². The third-order valence-electron chi connectivity index (χ3n) is 14.2. The first kappa shape index (κ1) is 34.9. The second-order valence-electron chi connectivity index (χ2n) is 16.8. The molecule has 0 N–H and O–H groups in total. The molecule has 3 aliphatic carbocycles. The zero-order chi connectivity index (χ0) is 40.9. The maximum Gasteiger partial charge on any atom is 0.122 e. The predicted molar refractivity (Wildman–Crippen MR) is 248 cm³/mol. The first-order valence-electron chi connectivity index (χ1n) is 21.5. The zero-order valence-corrected chi connectivity index (χ0v) is 33.9. The molecule has 0 aliphatic heterocycles. The molecule has 0 atom stereocenters. The summed E-state index contributed by atoms with van der Waals surface area (Å²) >= 11 is 0. The summed E-state index contributed by atoms with van der Waals surface area (Å²) in [5, 5.41) is 0. The van der Waals surface area contributed by atoms with E-state index in [1.54, 1.807) is 0 Å². The molecule has 2 aromatic heterocycles. The van der Waals surface area contributed by atoms with E-state index in [1.807, 2.05) is 24.8 Å². The van der Waals surface area contributed by atoms with Gasteiger partial charge in [0.05, 0.1) is 22.9 Å². The predicted octanol–water partition coefficient (Wildman–Crippen LogP) is 12.8. The molecule has 2 heterocycles. The number of hydrogen-bond donors (Lipinski definition) is 0. The van der Waals surface area contributed by atoms with Gasteiger partial charge in [-0.15, -0.1) is 0 Å². The fraction of sp³-hybridized carbons (Fsp3) is 0.0508. The lowest BCUT2D eigenvalue weighted by atomic mass is 9.64. The lowest BCUT2D eigenvalue weighted by molar-refractivity contribution is 0.526. The monoisotopic (exact) mass is 789 g/mol. The molecular formula is C59H39N3. The Morgan fingerprint density at radius 2 is 0.710 bits per heavy atom. The molecule has 8 aromatic carbocycles. The van der Waals surface area contributed by atoms with Gasteiger partial charge in [0.15, 0.2) is 0 Å². The summed E-state index contributed by atoms with van der Waals surface area (Å²) in [5.41, 5.74) is 18.9. The number of nitrogens with zero attached hydrogens (tertiary/aromatic N) is 3. The molecule has 0 unspecified atom stereocenters. The van der Waals surface area contributed by atoms with E-state index in [-0.39, 0.29) is 0 Å². The van der Waals surface area contributed by atoms with Crippen LogP contribution in [0.25, 0.3) is 33.4 Å². The van der Waals surface area contributed by atoms with Crippen LogP contribution in [0.15, 0.2) is 237 Å². The van der Waals surface area contributed by atoms with Crippen LogP contribution < -0.4 is 0 Å². The largest absolute Gasteiger partial charge is 0.319 e. The summed E-state index contributed by atoms with van der Waals surface area (Å²) in [7, 11) is 0. The highest BCUT2D eigenvalue weighted by Gasteiger charge is 2.51. The minimum atomic E-state index is -0.671. The molecule has 0 radical (unpaired) electrons. The second kappa shape index (κ2) is 13.1. The highest BCUT2D eigenvalue weighted by Crippen LogP contribution is 2.60. The second-order valence-corrected chi connectivity index (χ2v) is 16.8. The molecule has 290 valence electrons. The Labute approximate surface area is 361 Å². The third-order valence-corrected chi connectivity index (χ3v) is 14.2. The minimum Gasteiger partial charge on any atom is -0.319 e. The van der Waals surface area contributed by atoms with Crippen LogP contribution in [-0.4, -0.2) is 14.5 Å². The van der Waals surface area contributed by atoms with Crippen molar-refractivity contribution in [2.45, 2.75) is 16.4 Å². The average Bonchev–Trinajstić information content (AvgIpc) is 4.13. The third kappa shape index (κ3) is 4.34. The van der Waals surface area contributed by atoms with Gasteiger partial charge in [0.25, 0.3) is 0 Å². The summed E-state index contributed by atoms with van der Waals surface area (Å²) in [5.74, 6) is 0. The molecule has 10 aromatic rings. The van der Waals surface area contributed by atoms with Gasteiger partial charge >= 0.3 is 0 Å².